The number of rotatable bonds is 1. The van der Waals surface area contributed by atoms with E-state index in [1.165, 1.54) is 0 Å². The fourth-order valence-corrected chi connectivity index (χ4v) is 1.97. The summed E-state index contributed by atoms with van der Waals surface area (Å²) in [7, 11) is 0. The van der Waals surface area contributed by atoms with Crippen LogP contribution in [0.1, 0.15) is 16.7 Å². The van der Waals surface area contributed by atoms with Gasteiger partial charge in [0, 0.05) is 0 Å². The Hall–Kier alpha value is -1.96. The second-order valence-corrected chi connectivity index (χ2v) is 4.37. The van der Waals surface area contributed by atoms with Crippen molar-refractivity contribution in [3.8, 4) is 22.6 Å². The van der Waals surface area contributed by atoms with Gasteiger partial charge in [0.25, 0.3) is 0 Å². The standard InChI is InChI=1S/C15H16O2/c1-9-10(2)14(8-15(17)11(9)3)12-4-6-13(16)7-5-12/h4-8,16-17H,1-3H3. The molecule has 0 aliphatic carbocycles. The van der Waals surface area contributed by atoms with Crippen LogP contribution in [-0.4, -0.2) is 10.2 Å². The predicted molar refractivity (Wildman–Crippen MR) is 69.4 cm³/mol. The molecular formula is C15H16O2. The first-order valence-electron chi connectivity index (χ1n) is 5.60. The summed E-state index contributed by atoms with van der Waals surface area (Å²) in [4.78, 5) is 0. The molecule has 2 rings (SSSR count). The van der Waals surface area contributed by atoms with E-state index in [1.807, 2.05) is 32.9 Å². The van der Waals surface area contributed by atoms with E-state index >= 15 is 0 Å². The van der Waals surface area contributed by atoms with Gasteiger partial charge < -0.3 is 10.2 Å². The summed E-state index contributed by atoms with van der Waals surface area (Å²) in [6.45, 7) is 5.97. The van der Waals surface area contributed by atoms with Gasteiger partial charge in [-0.3, -0.25) is 0 Å². The molecule has 0 saturated carbocycles. The van der Waals surface area contributed by atoms with Gasteiger partial charge in [-0.15, -0.1) is 0 Å². The monoisotopic (exact) mass is 228 g/mol. The van der Waals surface area contributed by atoms with Crippen LogP contribution in [0.4, 0.5) is 0 Å². The predicted octanol–water partition coefficient (Wildman–Crippen LogP) is 3.69. The average molecular weight is 228 g/mol. The highest BCUT2D eigenvalue weighted by Crippen LogP contribution is 2.33. The minimum Gasteiger partial charge on any atom is -0.508 e. The molecule has 2 aromatic carbocycles. The Morgan fingerprint density at radius 1 is 0.765 bits per heavy atom. The fourth-order valence-electron chi connectivity index (χ4n) is 1.97. The van der Waals surface area contributed by atoms with Crippen LogP contribution in [0.25, 0.3) is 11.1 Å². The van der Waals surface area contributed by atoms with Crippen LogP contribution in [0.15, 0.2) is 30.3 Å². The topological polar surface area (TPSA) is 40.5 Å². The third-order valence-electron chi connectivity index (χ3n) is 3.37. The minimum atomic E-state index is 0.249. The highest BCUT2D eigenvalue weighted by Gasteiger charge is 2.10. The molecule has 2 aromatic rings. The molecule has 0 aromatic heterocycles. The minimum absolute atomic E-state index is 0.249. The molecule has 2 heteroatoms. The van der Waals surface area contributed by atoms with E-state index in [9.17, 15) is 10.2 Å². The number of hydrogen-bond acceptors (Lipinski definition) is 2. The number of aromatic hydroxyl groups is 2. The van der Waals surface area contributed by atoms with Gasteiger partial charge in [-0.25, -0.2) is 0 Å². The maximum atomic E-state index is 9.87. The summed E-state index contributed by atoms with van der Waals surface area (Å²) >= 11 is 0. The first-order valence-corrected chi connectivity index (χ1v) is 5.60. The maximum absolute atomic E-state index is 9.87. The summed E-state index contributed by atoms with van der Waals surface area (Å²) < 4.78 is 0. The van der Waals surface area contributed by atoms with Crippen molar-refractivity contribution in [2.75, 3.05) is 0 Å². The largest absolute Gasteiger partial charge is 0.508 e. The van der Waals surface area contributed by atoms with Crippen molar-refractivity contribution in [3.63, 3.8) is 0 Å². The Morgan fingerprint density at radius 3 is 1.94 bits per heavy atom. The molecule has 0 amide bonds. The van der Waals surface area contributed by atoms with Crippen molar-refractivity contribution in [1.29, 1.82) is 0 Å². The average Bonchev–Trinajstić information content (AvgIpc) is 2.32. The molecule has 17 heavy (non-hydrogen) atoms. The molecular weight excluding hydrogens is 212 g/mol. The van der Waals surface area contributed by atoms with Crippen LogP contribution >= 0.6 is 0 Å². The molecule has 2 N–H and O–H groups in total. The Morgan fingerprint density at radius 2 is 1.35 bits per heavy atom. The lowest BCUT2D eigenvalue weighted by molar-refractivity contribution is 0.470. The van der Waals surface area contributed by atoms with Crippen LogP contribution in [-0.2, 0) is 0 Å². The van der Waals surface area contributed by atoms with Gasteiger partial charge in [-0.05, 0) is 66.8 Å². The zero-order valence-electron chi connectivity index (χ0n) is 10.3. The molecule has 0 spiro atoms. The van der Waals surface area contributed by atoms with Crippen molar-refractivity contribution in [2.24, 2.45) is 0 Å². The first-order chi connectivity index (χ1) is 8.00. The molecule has 2 nitrogen and oxygen atoms in total. The molecule has 0 bridgehead atoms. The smallest absolute Gasteiger partial charge is 0.119 e. The van der Waals surface area contributed by atoms with Gasteiger partial charge in [0.1, 0.15) is 11.5 Å². The van der Waals surface area contributed by atoms with E-state index in [1.54, 1.807) is 18.2 Å². The Kier molecular flexibility index (Phi) is 2.80. The quantitative estimate of drug-likeness (QED) is 0.781. The van der Waals surface area contributed by atoms with Gasteiger partial charge in [0.05, 0.1) is 0 Å². The van der Waals surface area contributed by atoms with Gasteiger partial charge in [-0.1, -0.05) is 12.1 Å². The van der Waals surface area contributed by atoms with Crippen molar-refractivity contribution >= 4 is 0 Å². The summed E-state index contributed by atoms with van der Waals surface area (Å²) in [6, 6.07) is 8.80. The molecule has 0 heterocycles. The fraction of sp³-hybridized carbons (Fsp3) is 0.200. The van der Waals surface area contributed by atoms with Crippen LogP contribution in [0.5, 0.6) is 11.5 Å². The summed E-state index contributed by atoms with van der Waals surface area (Å²) in [5.41, 5.74) is 5.19. The van der Waals surface area contributed by atoms with Gasteiger partial charge in [-0.2, -0.15) is 0 Å². The Balaban J connectivity index is 2.64. The third-order valence-corrected chi connectivity index (χ3v) is 3.37. The first kappa shape index (κ1) is 11.5. The molecule has 0 atom stereocenters. The van der Waals surface area contributed by atoms with Crippen molar-refractivity contribution < 1.29 is 10.2 Å². The van der Waals surface area contributed by atoms with Crippen molar-refractivity contribution in [3.05, 3.63) is 47.0 Å². The zero-order chi connectivity index (χ0) is 12.6. The molecule has 0 unspecified atom stereocenters. The van der Waals surface area contributed by atoms with Gasteiger partial charge in [0.2, 0.25) is 0 Å². The lowest BCUT2D eigenvalue weighted by Gasteiger charge is -2.13. The number of phenols is 2. The molecule has 0 radical (unpaired) electrons. The lowest BCUT2D eigenvalue weighted by atomic mass is 9.93. The van der Waals surface area contributed by atoms with Crippen LogP contribution in [0.3, 0.4) is 0 Å². The van der Waals surface area contributed by atoms with Crippen LogP contribution in [0.2, 0.25) is 0 Å². The molecule has 0 aliphatic rings. The van der Waals surface area contributed by atoms with Crippen LogP contribution < -0.4 is 0 Å². The number of hydrogen-bond donors (Lipinski definition) is 2. The van der Waals surface area contributed by atoms with Gasteiger partial charge in [0.15, 0.2) is 0 Å². The van der Waals surface area contributed by atoms with Gasteiger partial charge >= 0.3 is 0 Å². The summed E-state index contributed by atoms with van der Waals surface area (Å²) in [5, 5.41) is 19.1. The van der Waals surface area contributed by atoms with Crippen molar-refractivity contribution in [1.82, 2.24) is 0 Å². The highest BCUT2D eigenvalue weighted by atomic mass is 16.3. The molecule has 0 aliphatic heterocycles. The Bertz CT molecular complexity index is 554. The normalized spacial score (nSPS) is 10.5. The van der Waals surface area contributed by atoms with Crippen LogP contribution in [0, 0.1) is 20.8 Å². The van der Waals surface area contributed by atoms with E-state index in [0.29, 0.717) is 5.75 Å². The second-order valence-electron chi connectivity index (χ2n) is 4.37. The molecule has 0 saturated heterocycles. The lowest BCUT2D eigenvalue weighted by Crippen LogP contribution is -1.91. The SMILES string of the molecule is Cc1c(O)cc(-c2ccc(O)cc2)c(C)c1C. The number of phenolic OH excluding ortho intramolecular Hbond substituents is 2. The van der Waals surface area contributed by atoms with E-state index in [0.717, 1.165) is 27.8 Å². The van der Waals surface area contributed by atoms with Crippen molar-refractivity contribution in [2.45, 2.75) is 20.8 Å². The van der Waals surface area contributed by atoms with E-state index in [4.69, 9.17) is 0 Å². The third kappa shape index (κ3) is 1.98. The van der Waals surface area contributed by atoms with E-state index in [-0.39, 0.29) is 5.75 Å². The van der Waals surface area contributed by atoms with E-state index in [2.05, 4.69) is 0 Å². The second kappa shape index (κ2) is 4.13. The molecule has 88 valence electrons. The summed E-state index contributed by atoms with van der Waals surface area (Å²) in [5.74, 6) is 0.565. The molecule has 0 fully saturated rings. The van der Waals surface area contributed by atoms with E-state index < -0.39 is 0 Å². The zero-order valence-corrected chi connectivity index (χ0v) is 10.3. The highest BCUT2D eigenvalue weighted by molar-refractivity contribution is 5.72. The summed E-state index contributed by atoms with van der Waals surface area (Å²) in [6.07, 6.45) is 0. The number of benzene rings is 2. The maximum Gasteiger partial charge on any atom is 0.119 e. The Labute approximate surface area is 101 Å².